The number of ether oxygens (including phenoxy) is 2. The minimum Gasteiger partial charge on any atom is -0.481 e. The maximum absolute atomic E-state index is 13.0. The molecule has 2 heterocycles. The van der Waals surface area contributed by atoms with E-state index in [0.717, 1.165) is 75.1 Å². The number of rotatable bonds is 18. The molecular weight excluding hydrogens is 546 g/mol. The molecule has 1 aromatic rings. The zero-order valence-corrected chi connectivity index (χ0v) is 27.4. The van der Waals surface area contributed by atoms with Gasteiger partial charge in [-0.05, 0) is 100 Å². The van der Waals surface area contributed by atoms with Crippen LogP contribution in [0.25, 0.3) is 0 Å². The number of esters is 1. The van der Waals surface area contributed by atoms with Gasteiger partial charge in [0.15, 0.2) is 11.5 Å². The molecule has 1 spiro atoms. The molecule has 44 heavy (non-hydrogen) atoms. The van der Waals surface area contributed by atoms with Crippen LogP contribution in [0.3, 0.4) is 0 Å². The van der Waals surface area contributed by atoms with Crippen molar-refractivity contribution in [2.24, 2.45) is 5.92 Å². The fourth-order valence-corrected chi connectivity index (χ4v) is 8.98. The molecule has 4 atom stereocenters. The van der Waals surface area contributed by atoms with E-state index in [2.05, 4.69) is 36.6 Å². The zero-order valence-electron chi connectivity index (χ0n) is 27.4. The molecule has 1 saturated heterocycles. The van der Waals surface area contributed by atoms with Crippen molar-refractivity contribution in [1.29, 1.82) is 0 Å². The number of unbranched alkanes of at least 4 members (excludes halogenated alkanes) is 11. The summed E-state index contributed by atoms with van der Waals surface area (Å²) in [5.74, 6) is 1.83. The van der Waals surface area contributed by atoms with Crippen LogP contribution in [0.4, 0.5) is 0 Å². The Morgan fingerprint density at radius 1 is 1.02 bits per heavy atom. The standard InChI is InChI=1S/C39H57NO4/c1-3-4-5-6-7-8-9-10-11-12-13-14-15-16-17-18-34(41)43-32-22-21-31-27-33-39(42)24-23-29(2)37-38(39,35(31)36(32)44-37)25-26-40(33)28-30-19-20-30/h10-11,21-22,30,33,37,42H,2-9,12-20,23-28H2,1H3/b11-10-. The summed E-state index contributed by atoms with van der Waals surface area (Å²) in [4.78, 5) is 15.5. The van der Waals surface area contributed by atoms with Gasteiger partial charge in [0.05, 0.1) is 11.0 Å². The number of nitrogens with zero attached hydrogens (tertiary/aromatic N) is 1. The number of allylic oxidation sites excluding steroid dienone is 2. The summed E-state index contributed by atoms with van der Waals surface area (Å²) in [5.41, 5.74) is 2.11. The first-order chi connectivity index (χ1) is 21.5. The summed E-state index contributed by atoms with van der Waals surface area (Å²) >= 11 is 0. The Morgan fingerprint density at radius 2 is 1.73 bits per heavy atom. The minimum atomic E-state index is -0.837. The molecule has 2 saturated carbocycles. The third-order valence-electron chi connectivity index (χ3n) is 11.6. The van der Waals surface area contributed by atoms with Gasteiger partial charge >= 0.3 is 5.97 Å². The number of piperidine rings is 1. The molecule has 4 unspecified atom stereocenters. The predicted octanol–water partition coefficient (Wildman–Crippen LogP) is 8.75. The molecule has 2 bridgehead atoms. The molecule has 3 fully saturated rings. The van der Waals surface area contributed by atoms with Crippen molar-refractivity contribution < 1.29 is 19.4 Å². The van der Waals surface area contributed by atoms with Crippen LogP contribution >= 0.6 is 0 Å². The normalized spacial score (nSPS) is 28.7. The van der Waals surface area contributed by atoms with Crippen molar-refractivity contribution in [2.75, 3.05) is 13.1 Å². The zero-order chi connectivity index (χ0) is 30.6. The number of aliphatic hydroxyl groups is 1. The first-order valence-electron chi connectivity index (χ1n) is 18.3. The molecule has 1 N–H and O–H groups in total. The molecule has 242 valence electrons. The lowest BCUT2D eigenvalue weighted by Gasteiger charge is -2.63. The van der Waals surface area contributed by atoms with Crippen LogP contribution < -0.4 is 9.47 Å². The third kappa shape index (κ3) is 6.30. The quantitative estimate of drug-likeness (QED) is 0.0787. The number of hydrogen-bond acceptors (Lipinski definition) is 5. The van der Waals surface area contributed by atoms with Gasteiger partial charge in [-0.3, -0.25) is 9.69 Å². The number of carbonyl (C=O) groups excluding carboxylic acids is 1. The molecule has 3 aliphatic carbocycles. The monoisotopic (exact) mass is 603 g/mol. The van der Waals surface area contributed by atoms with Crippen molar-refractivity contribution in [1.82, 2.24) is 4.90 Å². The topological polar surface area (TPSA) is 59.0 Å². The van der Waals surface area contributed by atoms with Gasteiger partial charge in [-0.2, -0.15) is 0 Å². The van der Waals surface area contributed by atoms with Gasteiger partial charge < -0.3 is 14.6 Å². The Hall–Kier alpha value is -2.11. The maximum Gasteiger partial charge on any atom is 0.311 e. The van der Waals surface area contributed by atoms with Crippen LogP contribution in [-0.2, 0) is 16.6 Å². The molecule has 0 radical (unpaired) electrons. The summed E-state index contributed by atoms with van der Waals surface area (Å²) in [5, 5.41) is 12.5. The lowest BCUT2D eigenvalue weighted by molar-refractivity contribution is -0.174. The SMILES string of the molecule is C=C1CCC2(O)C3Cc4ccc(OC(=O)CCCCCCC/C=C\CCCCCCCC)c5c4C2(CCN3CC2CC2)C1O5. The van der Waals surface area contributed by atoms with Crippen molar-refractivity contribution in [3.05, 3.63) is 47.6 Å². The Kier molecular flexibility index (Phi) is 10.2. The van der Waals surface area contributed by atoms with Crippen molar-refractivity contribution >= 4 is 5.97 Å². The Balaban J connectivity index is 0.975. The number of carbonyl (C=O) groups is 1. The molecular formula is C39H57NO4. The minimum absolute atomic E-state index is 0.115. The van der Waals surface area contributed by atoms with Crippen LogP contribution in [0.2, 0.25) is 0 Å². The average Bonchev–Trinajstić information content (AvgIpc) is 3.76. The van der Waals surface area contributed by atoms with Crippen LogP contribution in [0.1, 0.15) is 140 Å². The number of benzene rings is 1. The second-order valence-corrected chi connectivity index (χ2v) is 14.7. The van der Waals surface area contributed by atoms with E-state index in [1.54, 1.807) is 0 Å². The van der Waals surface area contributed by atoms with Crippen molar-refractivity contribution in [3.63, 3.8) is 0 Å². The highest BCUT2D eigenvalue weighted by atomic mass is 16.6. The Morgan fingerprint density at radius 3 is 2.45 bits per heavy atom. The van der Waals surface area contributed by atoms with E-state index in [1.165, 1.54) is 82.6 Å². The molecule has 2 aliphatic heterocycles. The molecule has 5 nitrogen and oxygen atoms in total. The lowest BCUT2D eigenvalue weighted by atomic mass is 9.48. The highest BCUT2D eigenvalue weighted by molar-refractivity contribution is 5.75. The molecule has 5 heteroatoms. The highest BCUT2D eigenvalue weighted by Gasteiger charge is 2.72. The molecule has 0 aromatic heterocycles. The van der Waals surface area contributed by atoms with Crippen molar-refractivity contribution in [3.8, 4) is 11.5 Å². The van der Waals surface area contributed by atoms with E-state index in [4.69, 9.17) is 9.47 Å². The molecule has 6 rings (SSSR count). The first-order valence-corrected chi connectivity index (χ1v) is 18.3. The third-order valence-corrected chi connectivity index (χ3v) is 11.6. The number of likely N-dealkylation sites (tertiary alicyclic amines) is 1. The van der Waals surface area contributed by atoms with Crippen LogP contribution in [0.15, 0.2) is 36.4 Å². The summed E-state index contributed by atoms with van der Waals surface area (Å²) < 4.78 is 12.7. The van der Waals surface area contributed by atoms with Gasteiger partial charge in [-0.25, -0.2) is 0 Å². The van der Waals surface area contributed by atoms with E-state index in [-0.39, 0.29) is 18.1 Å². The Labute approximate surface area is 266 Å². The number of hydrogen-bond donors (Lipinski definition) is 1. The second kappa shape index (κ2) is 14.1. The van der Waals surface area contributed by atoms with Gasteiger partial charge in [0.2, 0.25) is 0 Å². The fraction of sp³-hybridized carbons (Fsp3) is 0.718. The second-order valence-electron chi connectivity index (χ2n) is 14.7. The highest BCUT2D eigenvalue weighted by Crippen LogP contribution is 2.66. The van der Waals surface area contributed by atoms with Gasteiger partial charge in [0, 0.05) is 24.6 Å². The average molecular weight is 604 g/mol. The summed E-state index contributed by atoms with van der Waals surface area (Å²) in [6.07, 6.45) is 26.9. The van der Waals surface area contributed by atoms with Gasteiger partial charge in [-0.15, -0.1) is 0 Å². The molecule has 1 aromatic carbocycles. The summed E-state index contributed by atoms with van der Waals surface area (Å²) in [6.45, 7) is 8.76. The van der Waals surface area contributed by atoms with Crippen LogP contribution in [-0.4, -0.2) is 46.8 Å². The lowest BCUT2D eigenvalue weighted by Crippen LogP contribution is -2.75. The van der Waals surface area contributed by atoms with Crippen molar-refractivity contribution in [2.45, 2.75) is 159 Å². The summed E-state index contributed by atoms with van der Waals surface area (Å²) in [6, 6.07) is 4.19. The molecule has 0 amide bonds. The smallest absolute Gasteiger partial charge is 0.311 e. The van der Waals surface area contributed by atoms with E-state index in [0.29, 0.717) is 17.9 Å². The van der Waals surface area contributed by atoms with E-state index in [1.807, 2.05) is 6.07 Å². The first kappa shape index (κ1) is 31.9. The Bertz CT molecular complexity index is 1200. The van der Waals surface area contributed by atoms with Gasteiger partial charge in [0.1, 0.15) is 6.10 Å². The van der Waals surface area contributed by atoms with E-state index < -0.39 is 11.0 Å². The predicted molar refractivity (Wildman–Crippen MR) is 177 cm³/mol. The summed E-state index contributed by atoms with van der Waals surface area (Å²) in [7, 11) is 0. The molecule has 5 aliphatic rings. The largest absolute Gasteiger partial charge is 0.481 e. The van der Waals surface area contributed by atoms with Crippen LogP contribution in [0.5, 0.6) is 11.5 Å². The van der Waals surface area contributed by atoms with E-state index in [9.17, 15) is 9.90 Å². The van der Waals surface area contributed by atoms with Gasteiger partial charge in [0.25, 0.3) is 0 Å². The van der Waals surface area contributed by atoms with Gasteiger partial charge in [-0.1, -0.05) is 83.1 Å². The van der Waals surface area contributed by atoms with E-state index >= 15 is 0 Å². The fourth-order valence-electron chi connectivity index (χ4n) is 8.98. The maximum atomic E-state index is 13.0. The van der Waals surface area contributed by atoms with Crippen LogP contribution in [0, 0.1) is 5.92 Å².